The highest BCUT2D eigenvalue weighted by Crippen LogP contribution is 2.46. The van der Waals surface area contributed by atoms with Gasteiger partial charge in [-0.3, -0.25) is 4.79 Å². The molecule has 0 saturated heterocycles. The summed E-state index contributed by atoms with van der Waals surface area (Å²) in [7, 11) is 4.47. The fraction of sp³-hybridized carbons (Fsp3) is 0.308. The molecule has 1 aromatic heterocycles. The van der Waals surface area contributed by atoms with E-state index < -0.39 is 0 Å². The van der Waals surface area contributed by atoms with Gasteiger partial charge in [0.25, 0.3) is 0 Å². The zero-order valence-corrected chi connectivity index (χ0v) is 10.7. The molecule has 0 atom stereocenters. The molecule has 0 saturated carbocycles. The number of ether oxygens (including phenoxy) is 3. The van der Waals surface area contributed by atoms with E-state index in [4.69, 9.17) is 18.6 Å². The Labute approximate surface area is 104 Å². The van der Waals surface area contributed by atoms with Crippen LogP contribution >= 0.6 is 0 Å². The predicted octanol–water partition coefficient (Wildman–Crippen LogP) is 2.66. The second-order valence-corrected chi connectivity index (χ2v) is 3.69. The fourth-order valence-corrected chi connectivity index (χ4v) is 2.03. The molecule has 18 heavy (non-hydrogen) atoms. The number of carbonyl (C=O) groups is 1. The molecule has 0 fully saturated rings. The van der Waals surface area contributed by atoms with Crippen LogP contribution in [-0.2, 0) is 0 Å². The Balaban J connectivity index is 2.97. The number of methoxy groups -OCH3 is 3. The quantitative estimate of drug-likeness (QED) is 0.781. The van der Waals surface area contributed by atoms with Gasteiger partial charge < -0.3 is 18.6 Å². The average molecular weight is 250 g/mol. The molecule has 0 spiro atoms. The van der Waals surface area contributed by atoms with Gasteiger partial charge in [-0.2, -0.15) is 0 Å². The van der Waals surface area contributed by atoms with Gasteiger partial charge >= 0.3 is 0 Å². The summed E-state index contributed by atoms with van der Waals surface area (Å²) in [6.07, 6.45) is 1.51. The zero-order valence-electron chi connectivity index (χ0n) is 10.7. The van der Waals surface area contributed by atoms with Gasteiger partial charge in [-0.1, -0.05) is 0 Å². The maximum atomic E-state index is 11.8. The summed E-state index contributed by atoms with van der Waals surface area (Å²) in [6, 6.07) is 1.72. The molecule has 2 rings (SSSR count). The summed E-state index contributed by atoms with van der Waals surface area (Å²) in [5.74, 6) is 0.988. The number of carbonyl (C=O) groups excluding carboxylic acids is 1. The topological polar surface area (TPSA) is 57.9 Å². The zero-order chi connectivity index (χ0) is 13.3. The van der Waals surface area contributed by atoms with E-state index in [9.17, 15) is 4.79 Å². The van der Waals surface area contributed by atoms with Crippen LogP contribution in [0.25, 0.3) is 11.0 Å². The minimum atomic E-state index is -0.162. The molecule has 0 aliphatic carbocycles. The molecule has 0 bridgehead atoms. The maximum absolute atomic E-state index is 11.8. The summed E-state index contributed by atoms with van der Waals surface area (Å²) in [5, 5.41) is 0.681. The first-order chi connectivity index (χ1) is 8.65. The first-order valence-electron chi connectivity index (χ1n) is 5.35. The molecule has 0 N–H and O–H groups in total. The number of ketones is 1. The van der Waals surface area contributed by atoms with E-state index in [1.165, 1.54) is 34.5 Å². The van der Waals surface area contributed by atoms with Crippen LogP contribution < -0.4 is 14.2 Å². The molecule has 1 heterocycles. The van der Waals surface area contributed by atoms with E-state index >= 15 is 0 Å². The van der Waals surface area contributed by atoms with Crippen molar-refractivity contribution >= 4 is 16.8 Å². The molecule has 1 aromatic carbocycles. The Hall–Kier alpha value is -2.17. The van der Waals surface area contributed by atoms with Gasteiger partial charge in [-0.05, 0) is 13.0 Å². The van der Waals surface area contributed by atoms with Crippen LogP contribution in [0.4, 0.5) is 0 Å². The van der Waals surface area contributed by atoms with E-state index in [0.29, 0.717) is 33.8 Å². The number of hydrogen-bond acceptors (Lipinski definition) is 5. The normalized spacial score (nSPS) is 10.4. The Bertz CT molecular complexity index is 597. The Morgan fingerprint density at radius 1 is 1.06 bits per heavy atom. The van der Waals surface area contributed by atoms with Crippen LogP contribution in [0.1, 0.15) is 17.3 Å². The van der Waals surface area contributed by atoms with Gasteiger partial charge in [0, 0.05) is 0 Å². The molecule has 96 valence electrons. The van der Waals surface area contributed by atoms with Crippen molar-refractivity contribution in [2.24, 2.45) is 0 Å². The third-order valence-corrected chi connectivity index (χ3v) is 2.74. The second kappa shape index (κ2) is 4.60. The van der Waals surface area contributed by atoms with Gasteiger partial charge in [0.15, 0.2) is 17.1 Å². The average Bonchev–Trinajstić information content (AvgIpc) is 2.83. The van der Waals surface area contributed by atoms with E-state index in [1.807, 2.05) is 0 Å². The number of rotatable bonds is 4. The lowest BCUT2D eigenvalue weighted by Crippen LogP contribution is -2.04. The molecule has 2 aromatic rings. The SMILES string of the molecule is COc1c(C(C)=O)c(OC)c2ccoc2c1OC. The summed E-state index contributed by atoms with van der Waals surface area (Å²) in [6.45, 7) is 1.45. The first kappa shape index (κ1) is 12.3. The molecular formula is C13H14O5. The van der Waals surface area contributed by atoms with Crippen LogP contribution in [-0.4, -0.2) is 27.1 Å². The van der Waals surface area contributed by atoms with Gasteiger partial charge in [-0.25, -0.2) is 0 Å². The monoisotopic (exact) mass is 250 g/mol. The van der Waals surface area contributed by atoms with Gasteiger partial charge in [-0.15, -0.1) is 0 Å². The van der Waals surface area contributed by atoms with Gasteiger partial charge in [0.05, 0.1) is 33.0 Å². The van der Waals surface area contributed by atoms with Crippen LogP contribution in [0.5, 0.6) is 17.2 Å². The number of hydrogen-bond donors (Lipinski definition) is 0. The molecule has 0 radical (unpaired) electrons. The predicted molar refractivity (Wildman–Crippen MR) is 65.9 cm³/mol. The van der Waals surface area contributed by atoms with Crippen LogP contribution in [0.3, 0.4) is 0 Å². The number of furan rings is 1. The lowest BCUT2D eigenvalue weighted by atomic mass is 10.0. The molecule has 0 unspecified atom stereocenters. The third-order valence-electron chi connectivity index (χ3n) is 2.74. The Morgan fingerprint density at radius 2 is 1.67 bits per heavy atom. The van der Waals surface area contributed by atoms with E-state index in [2.05, 4.69) is 0 Å². The van der Waals surface area contributed by atoms with Crippen LogP contribution in [0, 0.1) is 0 Å². The van der Waals surface area contributed by atoms with Crippen LogP contribution in [0.2, 0.25) is 0 Å². The van der Waals surface area contributed by atoms with Crippen molar-refractivity contribution in [3.8, 4) is 17.2 Å². The Kier molecular flexibility index (Phi) is 3.14. The van der Waals surface area contributed by atoms with Gasteiger partial charge in [0.2, 0.25) is 5.75 Å². The fourth-order valence-electron chi connectivity index (χ4n) is 2.03. The standard InChI is InChI=1S/C13H14O5/c1-7(14)9-10(15-2)8-5-6-18-11(8)13(17-4)12(9)16-3/h5-6H,1-4H3. The number of Topliss-reactive ketones (excluding diaryl/α,β-unsaturated/α-hetero) is 1. The third kappa shape index (κ3) is 1.59. The summed E-state index contributed by atoms with van der Waals surface area (Å²) < 4.78 is 21.2. The molecule has 0 amide bonds. The van der Waals surface area contributed by atoms with Crippen molar-refractivity contribution in [2.75, 3.05) is 21.3 Å². The van der Waals surface area contributed by atoms with E-state index in [1.54, 1.807) is 6.07 Å². The minimum absolute atomic E-state index is 0.162. The van der Waals surface area contributed by atoms with Crippen molar-refractivity contribution in [1.29, 1.82) is 0 Å². The molecule has 5 nitrogen and oxygen atoms in total. The smallest absolute Gasteiger partial charge is 0.205 e. The van der Waals surface area contributed by atoms with Crippen molar-refractivity contribution in [2.45, 2.75) is 6.92 Å². The van der Waals surface area contributed by atoms with Crippen LogP contribution in [0.15, 0.2) is 16.7 Å². The maximum Gasteiger partial charge on any atom is 0.205 e. The molecular weight excluding hydrogens is 236 g/mol. The minimum Gasteiger partial charge on any atom is -0.495 e. The van der Waals surface area contributed by atoms with Crippen molar-refractivity contribution < 1.29 is 23.4 Å². The van der Waals surface area contributed by atoms with Crippen molar-refractivity contribution in [1.82, 2.24) is 0 Å². The lowest BCUT2D eigenvalue weighted by molar-refractivity contribution is 0.101. The summed E-state index contributed by atoms with van der Waals surface area (Å²) in [4.78, 5) is 11.8. The largest absolute Gasteiger partial charge is 0.495 e. The highest BCUT2D eigenvalue weighted by Gasteiger charge is 2.26. The summed E-state index contributed by atoms with van der Waals surface area (Å²) >= 11 is 0. The summed E-state index contributed by atoms with van der Waals surface area (Å²) in [5.41, 5.74) is 0.849. The van der Waals surface area contributed by atoms with Crippen molar-refractivity contribution in [3.05, 3.63) is 17.9 Å². The highest BCUT2D eigenvalue weighted by molar-refractivity contribution is 6.08. The highest BCUT2D eigenvalue weighted by atomic mass is 16.5. The second-order valence-electron chi connectivity index (χ2n) is 3.69. The number of fused-ring (bicyclic) bond motifs is 1. The van der Waals surface area contributed by atoms with E-state index in [0.717, 1.165) is 0 Å². The first-order valence-corrected chi connectivity index (χ1v) is 5.35. The molecule has 0 aliphatic heterocycles. The van der Waals surface area contributed by atoms with Gasteiger partial charge in [0.1, 0.15) is 11.3 Å². The lowest BCUT2D eigenvalue weighted by Gasteiger charge is -2.15. The Morgan fingerprint density at radius 3 is 2.17 bits per heavy atom. The van der Waals surface area contributed by atoms with E-state index in [-0.39, 0.29) is 5.78 Å². The number of benzene rings is 1. The van der Waals surface area contributed by atoms with Crippen molar-refractivity contribution in [3.63, 3.8) is 0 Å². The molecule has 0 aliphatic rings. The molecule has 5 heteroatoms.